The fourth-order valence-electron chi connectivity index (χ4n) is 0.805. The number of ether oxygens (including phenoxy) is 2. The smallest absolute Gasteiger partial charge is 0.251 e. The van der Waals surface area contributed by atoms with Gasteiger partial charge in [0.05, 0.1) is 5.75 Å². The van der Waals surface area contributed by atoms with Crippen molar-refractivity contribution in [3.8, 4) is 0 Å². The minimum absolute atomic E-state index is 0.158. The molecule has 0 saturated heterocycles. The van der Waals surface area contributed by atoms with E-state index in [2.05, 4.69) is 9.97 Å². The Kier molecular flexibility index (Phi) is 4.64. The van der Waals surface area contributed by atoms with Gasteiger partial charge in [0, 0.05) is 26.5 Å². The number of hydrogen-bond donors (Lipinski definition) is 1. The van der Waals surface area contributed by atoms with Gasteiger partial charge < -0.3 is 14.5 Å². The quantitative estimate of drug-likeness (QED) is 0.440. The second-order valence-corrected chi connectivity index (χ2v) is 3.46. The van der Waals surface area contributed by atoms with E-state index in [0.717, 1.165) is 0 Å². The van der Waals surface area contributed by atoms with Crippen molar-refractivity contribution in [2.45, 2.75) is 11.4 Å². The number of H-pyrrole nitrogens is 1. The lowest BCUT2D eigenvalue weighted by atomic mass is 10.7. The second-order valence-electron chi connectivity index (χ2n) is 2.45. The molecule has 0 unspecified atom stereocenters. The molecule has 1 aromatic rings. The van der Waals surface area contributed by atoms with Crippen molar-refractivity contribution >= 4 is 11.8 Å². The highest BCUT2D eigenvalue weighted by Crippen LogP contribution is 2.12. The summed E-state index contributed by atoms with van der Waals surface area (Å²) in [6, 6.07) is 1.37. The summed E-state index contributed by atoms with van der Waals surface area (Å²) < 4.78 is 9.98. The maximum atomic E-state index is 10.9. The van der Waals surface area contributed by atoms with E-state index in [-0.39, 0.29) is 11.8 Å². The molecule has 0 fully saturated rings. The van der Waals surface area contributed by atoms with Crippen LogP contribution in [0.4, 0.5) is 0 Å². The van der Waals surface area contributed by atoms with Gasteiger partial charge in [0.15, 0.2) is 11.4 Å². The predicted molar refractivity (Wildman–Crippen MR) is 53.4 cm³/mol. The van der Waals surface area contributed by atoms with Crippen molar-refractivity contribution in [3.63, 3.8) is 0 Å². The summed E-state index contributed by atoms with van der Waals surface area (Å²) in [6.45, 7) is 0. The molecule has 0 spiro atoms. The maximum absolute atomic E-state index is 10.9. The van der Waals surface area contributed by atoms with Gasteiger partial charge in [-0.05, 0) is 0 Å². The first-order valence-electron chi connectivity index (χ1n) is 4.00. The normalized spacial score (nSPS) is 10.8. The molecular formula is C8H12N2O3S. The van der Waals surface area contributed by atoms with Gasteiger partial charge in [0.2, 0.25) is 0 Å². The van der Waals surface area contributed by atoms with E-state index in [0.29, 0.717) is 10.9 Å². The summed E-state index contributed by atoms with van der Waals surface area (Å²) >= 11 is 1.38. The Bertz CT molecular complexity index is 324. The molecule has 14 heavy (non-hydrogen) atoms. The summed E-state index contributed by atoms with van der Waals surface area (Å²) in [4.78, 5) is 17.5. The maximum Gasteiger partial charge on any atom is 0.251 e. The van der Waals surface area contributed by atoms with Crippen LogP contribution in [0.3, 0.4) is 0 Å². The number of aromatic amines is 1. The van der Waals surface area contributed by atoms with E-state index in [1.807, 2.05) is 0 Å². The minimum atomic E-state index is -0.287. The van der Waals surface area contributed by atoms with Crippen molar-refractivity contribution in [1.29, 1.82) is 0 Å². The molecule has 6 heteroatoms. The highest BCUT2D eigenvalue weighted by Gasteiger charge is 2.06. The first-order valence-corrected chi connectivity index (χ1v) is 4.98. The Morgan fingerprint density at radius 2 is 2.29 bits per heavy atom. The molecule has 0 aliphatic carbocycles. The molecule has 1 rings (SSSR count). The number of rotatable bonds is 5. The van der Waals surface area contributed by atoms with Gasteiger partial charge in [-0.1, -0.05) is 11.8 Å². The van der Waals surface area contributed by atoms with Gasteiger partial charge >= 0.3 is 0 Å². The van der Waals surface area contributed by atoms with Crippen LogP contribution in [-0.2, 0) is 9.47 Å². The predicted octanol–water partition coefficient (Wildman–Crippen LogP) is 0.481. The average molecular weight is 216 g/mol. The molecule has 0 radical (unpaired) electrons. The standard InChI is InChI=1S/C8H12N2O3S/c1-12-7(13-2)5-14-8-9-4-3-6(11)10-8/h3-4,7H,5H2,1-2H3,(H,9,10,11). The molecule has 0 aliphatic heterocycles. The zero-order valence-electron chi connectivity index (χ0n) is 8.02. The fourth-order valence-corrected chi connectivity index (χ4v) is 1.68. The van der Waals surface area contributed by atoms with E-state index in [4.69, 9.17) is 9.47 Å². The van der Waals surface area contributed by atoms with Crippen LogP contribution in [0.2, 0.25) is 0 Å². The van der Waals surface area contributed by atoms with Crippen LogP contribution in [0.1, 0.15) is 0 Å². The Balaban J connectivity index is 2.49. The van der Waals surface area contributed by atoms with Gasteiger partial charge in [-0.2, -0.15) is 0 Å². The number of nitrogens with zero attached hydrogens (tertiary/aromatic N) is 1. The molecule has 1 heterocycles. The van der Waals surface area contributed by atoms with Crippen LogP contribution < -0.4 is 5.56 Å². The lowest BCUT2D eigenvalue weighted by Gasteiger charge is -2.11. The van der Waals surface area contributed by atoms with Crippen molar-refractivity contribution in [3.05, 3.63) is 22.6 Å². The van der Waals surface area contributed by atoms with Crippen molar-refractivity contribution in [2.24, 2.45) is 0 Å². The van der Waals surface area contributed by atoms with Gasteiger partial charge in [-0.15, -0.1) is 0 Å². The Morgan fingerprint density at radius 1 is 1.57 bits per heavy atom. The SMILES string of the molecule is COC(CSc1nccc(=O)[nH]1)OC. The number of nitrogens with one attached hydrogen (secondary N) is 1. The largest absolute Gasteiger partial charge is 0.355 e. The molecule has 0 aliphatic rings. The number of thioether (sulfide) groups is 1. The van der Waals surface area contributed by atoms with Crippen LogP contribution in [0.25, 0.3) is 0 Å². The molecule has 5 nitrogen and oxygen atoms in total. The summed E-state index contributed by atoms with van der Waals surface area (Å²) in [7, 11) is 3.13. The van der Waals surface area contributed by atoms with E-state index < -0.39 is 0 Å². The zero-order valence-corrected chi connectivity index (χ0v) is 8.84. The number of hydrogen-bond acceptors (Lipinski definition) is 5. The number of aromatic nitrogens is 2. The zero-order chi connectivity index (χ0) is 10.4. The Morgan fingerprint density at radius 3 is 2.86 bits per heavy atom. The third-order valence-corrected chi connectivity index (χ3v) is 2.45. The van der Waals surface area contributed by atoms with E-state index >= 15 is 0 Å². The van der Waals surface area contributed by atoms with Gasteiger partial charge in [0.25, 0.3) is 5.56 Å². The van der Waals surface area contributed by atoms with E-state index in [9.17, 15) is 4.79 Å². The second kappa shape index (κ2) is 5.79. The molecule has 0 saturated carbocycles. The van der Waals surface area contributed by atoms with Gasteiger partial charge in [0.1, 0.15) is 0 Å². The van der Waals surface area contributed by atoms with Gasteiger partial charge in [-0.3, -0.25) is 4.79 Å². The van der Waals surface area contributed by atoms with Crippen molar-refractivity contribution < 1.29 is 9.47 Å². The molecule has 1 aromatic heterocycles. The first-order chi connectivity index (χ1) is 6.76. The van der Waals surface area contributed by atoms with E-state index in [1.54, 1.807) is 14.2 Å². The monoisotopic (exact) mass is 216 g/mol. The fraction of sp³-hybridized carbons (Fsp3) is 0.500. The van der Waals surface area contributed by atoms with Crippen LogP contribution in [0, 0.1) is 0 Å². The first kappa shape index (κ1) is 11.2. The minimum Gasteiger partial charge on any atom is -0.355 e. The van der Waals surface area contributed by atoms with Crippen LogP contribution in [0.5, 0.6) is 0 Å². The third kappa shape index (κ3) is 3.49. The van der Waals surface area contributed by atoms with Gasteiger partial charge in [-0.25, -0.2) is 4.98 Å². The molecule has 78 valence electrons. The van der Waals surface area contributed by atoms with Crippen LogP contribution in [-0.4, -0.2) is 36.2 Å². The molecule has 0 amide bonds. The van der Waals surface area contributed by atoms with Crippen molar-refractivity contribution in [1.82, 2.24) is 9.97 Å². The summed E-state index contributed by atoms with van der Waals surface area (Å²) in [6.07, 6.45) is 1.18. The topological polar surface area (TPSA) is 64.2 Å². The van der Waals surface area contributed by atoms with Crippen molar-refractivity contribution in [2.75, 3.05) is 20.0 Å². The molecule has 0 bridgehead atoms. The number of methoxy groups -OCH3 is 2. The lowest BCUT2D eigenvalue weighted by Crippen LogP contribution is -2.16. The summed E-state index contributed by atoms with van der Waals surface area (Å²) in [5.41, 5.74) is -0.158. The average Bonchev–Trinajstić information content (AvgIpc) is 2.19. The molecule has 0 atom stereocenters. The van der Waals surface area contributed by atoms with Crippen LogP contribution in [0.15, 0.2) is 22.2 Å². The summed E-state index contributed by atoms with van der Waals surface area (Å²) in [5.74, 6) is 0.583. The molecule has 1 N–H and O–H groups in total. The highest BCUT2D eigenvalue weighted by molar-refractivity contribution is 7.99. The lowest BCUT2D eigenvalue weighted by molar-refractivity contribution is -0.0842. The molecule has 0 aromatic carbocycles. The molecular weight excluding hydrogens is 204 g/mol. The Labute approximate surface area is 85.8 Å². The van der Waals surface area contributed by atoms with Crippen LogP contribution >= 0.6 is 11.8 Å². The summed E-state index contributed by atoms with van der Waals surface area (Å²) in [5, 5.41) is 0.566. The highest BCUT2D eigenvalue weighted by atomic mass is 32.2. The van der Waals surface area contributed by atoms with E-state index in [1.165, 1.54) is 24.0 Å². The Hall–Kier alpha value is -0.850. The third-order valence-electron chi connectivity index (χ3n) is 1.53.